The molecule has 1 fully saturated rings. The van der Waals surface area contributed by atoms with Gasteiger partial charge < -0.3 is 8.98 Å². The number of hydrogen-bond acceptors (Lipinski definition) is 1. The Labute approximate surface area is 291 Å². The highest BCUT2D eigenvalue weighted by molar-refractivity contribution is 6.12. The molecule has 2 nitrogen and oxygen atoms in total. The summed E-state index contributed by atoms with van der Waals surface area (Å²) in [6, 6.07) is 56.0. The Morgan fingerprint density at radius 2 is 1.12 bits per heavy atom. The third-order valence-corrected chi connectivity index (χ3v) is 11.8. The molecule has 2 aromatic heterocycles. The minimum Gasteiger partial charge on any atom is -0.456 e. The number of hydrogen-bond donors (Lipinski definition) is 0. The second-order valence-corrected chi connectivity index (χ2v) is 14.4. The van der Waals surface area contributed by atoms with E-state index in [1.807, 2.05) is 0 Å². The summed E-state index contributed by atoms with van der Waals surface area (Å²) in [4.78, 5) is 0. The lowest BCUT2D eigenvalue weighted by molar-refractivity contribution is 0.353. The van der Waals surface area contributed by atoms with Gasteiger partial charge in [-0.2, -0.15) is 0 Å². The van der Waals surface area contributed by atoms with Gasteiger partial charge in [0.2, 0.25) is 0 Å². The van der Waals surface area contributed by atoms with E-state index in [1.54, 1.807) is 0 Å². The van der Waals surface area contributed by atoms with Crippen LogP contribution in [0.2, 0.25) is 0 Å². The minimum absolute atomic E-state index is 0.124. The molecule has 0 unspecified atom stereocenters. The van der Waals surface area contributed by atoms with Crippen molar-refractivity contribution in [3.8, 4) is 39.1 Å². The van der Waals surface area contributed by atoms with E-state index in [1.165, 1.54) is 115 Å². The Bertz CT molecular complexity index is 2790. The Balaban J connectivity index is 1.06. The van der Waals surface area contributed by atoms with Gasteiger partial charge in [0.1, 0.15) is 11.2 Å². The molecule has 2 aliphatic carbocycles. The third-order valence-electron chi connectivity index (χ3n) is 11.8. The molecule has 1 spiro atoms. The first kappa shape index (κ1) is 28.0. The Morgan fingerprint density at radius 3 is 2.02 bits per heavy atom. The van der Waals surface area contributed by atoms with Crippen LogP contribution in [0, 0.1) is 0 Å². The zero-order valence-electron chi connectivity index (χ0n) is 27.8. The summed E-state index contributed by atoms with van der Waals surface area (Å²) >= 11 is 0. The van der Waals surface area contributed by atoms with E-state index in [4.69, 9.17) is 4.42 Å². The molecule has 238 valence electrons. The molecule has 2 aliphatic rings. The van der Waals surface area contributed by atoms with E-state index >= 15 is 0 Å². The van der Waals surface area contributed by atoms with E-state index in [2.05, 4.69) is 156 Å². The smallest absolute Gasteiger partial charge is 0.136 e. The van der Waals surface area contributed by atoms with E-state index in [0.29, 0.717) is 0 Å². The van der Waals surface area contributed by atoms with Gasteiger partial charge in [-0.05, 0) is 112 Å². The standard InChI is InChI=1S/C48H35NO/c1-3-12-31(13-4-1)32-14-11-15-35(26-32)49-44-19-8-6-17-37(44)39-27-33(20-22-45(39)49)34-21-23-46-40(28-34)41-29-43-38(30-47(41)50-46)36-16-5-7-18-42(36)48(43)24-9-2-10-25-48/h1,3-8,11-23,26-30H,2,9-10,24-25H2. The zero-order chi connectivity index (χ0) is 32.8. The second-order valence-electron chi connectivity index (χ2n) is 14.4. The normalized spacial score (nSPS) is 15.0. The highest BCUT2D eigenvalue weighted by atomic mass is 16.3. The molecule has 7 aromatic carbocycles. The van der Waals surface area contributed by atoms with Gasteiger partial charge >= 0.3 is 0 Å². The molecule has 1 saturated carbocycles. The molecule has 9 aromatic rings. The van der Waals surface area contributed by atoms with Crippen LogP contribution in [0.25, 0.3) is 82.8 Å². The molecule has 2 heterocycles. The van der Waals surface area contributed by atoms with Gasteiger partial charge in [0, 0.05) is 32.6 Å². The van der Waals surface area contributed by atoms with Crippen molar-refractivity contribution in [1.29, 1.82) is 0 Å². The largest absolute Gasteiger partial charge is 0.456 e. The fraction of sp³-hybridized carbons (Fsp3) is 0.125. The average molecular weight is 642 g/mol. The van der Waals surface area contributed by atoms with Crippen molar-refractivity contribution >= 4 is 43.7 Å². The lowest BCUT2D eigenvalue weighted by Crippen LogP contribution is -2.27. The highest BCUT2D eigenvalue weighted by Crippen LogP contribution is 2.57. The molecule has 0 saturated heterocycles. The second kappa shape index (κ2) is 10.6. The number of aromatic nitrogens is 1. The maximum Gasteiger partial charge on any atom is 0.136 e. The van der Waals surface area contributed by atoms with Crippen molar-refractivity contribution in [2.45, 2.75) is 37.5 Å². The number of furan rings is 1. The Morgan fingerprint density at radius 1 is 0.420 bits per heavy atom. The number of benzene rings is 7. The molecule has 0 N–H and O–H groups in total. The van der Waals surface area contributed by atoms with Crippen molar-refractivity contribution in [1.82, 2.24) is 4.57 Å². The van der Waals surface area contributed by atoms with Crippen LogP contribution < -0.4 is 0 Å². The third kappa shape index (κ3) is 3.96. The van der Waals surface area contributed by atoms with Crippen molar-refractivity contribution < 1.29 is 4.42 Å². The summed E-state index contributed by atoms with van der Waals surface area (Å²) in [6.07, 6.45) is 6.38. The molecule has 11 rings (SSSR count). The van der Waals surface area contributed by atoms with Gasteiger partial charge in [0.25, 0.3) is 0 Å². The van der Waals surface area contributed by atoms with Gasteiger partial charge in [-0.3, -0.25) is 0 Å². The summed E-state index contributed by atoms with van der Waals surface area (Å²) in [5, 5.41) is 4.95. The number of rotatable bonds is 3. The van der Waals surface area contributed by atoms with Crippen LogP contribution in [0.3, 0.4) is 0 Å². The van der Waals surface area contributed by atoms with Crippen LogP contribution >= 0.6 is 0 Å². The fourth-order valence-electron chi connectivity index (χ4n) is 9.48. The first-order valence-electron chi connectivity index (χ1n) is 18.1. The van der Waals surface area contributed by atoms with E-state index in [9.17, 15) is 0 Å². The van der Waals surface area contributed by atoms with Gasteiger partial charge in [-0.1, -0.05) is 116 Å². The Hall–Kier alpha value is -5.86. The molecule has 2 heteroatoms. The maximum atomic E-state index is 6.58. The van der Waals surface area contributed by atoms with Gasteiger partial charge in [-0.15, -0.1) is 0 Å². The summed E-state index contributed by atoms with van der Waals surface area (Å²) in [5.41, 5.74) is 16.3. The van der Waals surface area contributed by atoms with Crippen LogP contribution in [0.4, 0.5) is 0 Å². The van der Waals surface area contributed by atoms with Crippen LogP contribution in [0.15, 0.2) is 156 Å². The van der Waals surface area contributed by atoms with Gasteiger partial charge in [0.05, 0.1) is 11.0 Å². The van der Waals surface area contributed by atoms with Crippen molar-refractivity contribution in [2.24, 2.45) is 0 Å². The van der Waals surface area contributed by atoms with Crippen LogP contribution in [0.5, 0.6) is 0 Å². The molecule has 0 atom stereocenters. The minimum atomic E-state index is 0.124. The molecule has 0 amide bonds. The van der Waals surface area contributed by atoms with E-state index < -0.39 is 0 Å². The molecule has 0 radical (unpaired) electrons. The quantitative estimate of drug-likeness (QED) is 0.188. The topological polar surface area (TPSA) is 18.1 Å². The van der Waals surface area contributed by atoms with Crippen molar-refractivity contribution in [3.05, 3.63) is 163 Å². The molecule has 50 heavy (non-hydrogen) atoms. The summed E-state index contributed by atoms with van der Waals surface area (Å²) in [7, 11) is 0. The molecular weight excluding hydrogens is 607 g/mol. The lowest BCUT2D eigenvalue weighted by atomic mass is 9.68. The number of para-hydroxylation sites is 1. The predicted octanol–water partition coefficient (Wildman–Crippen LogP) is 13.2. The first-order valence-corrected chi connectivity index (χ1v) is 18.1. The first-order chi connectivity index (χ1) is 24.7. The van der Waals surface area contributed by atoms with Crippen molar-refractivity contribution in [3.63, 3.8) is 0 Å². The average Bonchev–Trinajstić information content (AvgIpc) is 3.80. The predicted molar refractivity (Wildman–Crippen MR) is 208 cm³/mol. The van der Waals surface area contributed by atoms with E-state index in [-0.39, 0.29) is 5.41 Å². The summed E-state index contributed by atoms with van der Waals surface area (Å²) < 4.78 is 8.99. The summed E-state index contributed by atoms with van der Waals surface area (Å²) in [5.74, 6) is 0. The van der Waals surface area contributed by atoms with Crippen LogP contribution in [-0.2, 0) is 5.41 Å². The summed E-state index contributed by atoms with van der Waals surface area (Å²) in [6.45, 7) is 0. The zero-order valence-corrected chi connectivity index (χ0v) is 27.8. The molecule has 0 aliphatic heterocycles. The van der Waals surface area contributed by atoms with Gasteiger partial charge in [0.15, 0.2) is 0 Å². The monoisotopic (exact) mass is 641 g/mol. The Kier molecular flexibility index (Phi) is 5.92. The number of fused-ring (bicyclic) bond motifs is 11. The highest BCUT2D eigenvalue weighted by Gasteiger charge is 2.44. The number of nitrogens with zero attached hydrogens (tertiary/aromatic N) is 1. The fourth-order valence-corrected chi connectivity index (χ4v) is 9.48. The SMILES string of the molecule is c1ccc(-c2cccc(-n3c4ccccc4c4cc(-c5ccc6oc7cc8c(cc7c6c5)C5(CCCCC5)c5ccccc5-8)ccc43)c2)cc1. The maximum absolute atomic E-state index is 6.58. The van der Waals surface area contributed by atoms with Crippen LogP contribution in [-0.4, -0.2) is 4.57 Å². The lowest BCUT2D eigenvalue weighted by Gasteiger charge is -2.35. The molecular formula is C48H35NO. The van der Waals surface area contributed by atoms with Crippen LogP contribution in [0.1, 0.15) is 43.2 Å². The van der Waals surface area contributed by atoms with E-state index in [0.717, 1.165) is 11.2 Å². The molecule has 0 bridgehead atoms. The van der Waals surface area contributed by atoms with Crippen molar-refractivity contribution in [2.75, 3.05) is 0 Å². The van der Waals surface area contributed by atoms with Gasteiger partial charge in [-0.25, -0.2) is 0 Å².